The first-order valence-electron chi connectivity index (χ1n) is 6.42. The zero-order chi connectivity index (χ0) is 12.5. The largest absolute Gasteiger partial charge is 0.328 e. The van der Waals surface area contributed by atoms with Crippen LogP contribution in [0.2, 0.25) is 0 Å². The molecule has 3 rings (SSSR count). The Labute approximate surface area is 105 Å². The van der Waals surface area contributed by atoms with Gasteiger partial charge < -0.3 is 9.55 Å². The first-order valence-corrected chi connectivity index (χ1v) is 6.42. The first kappa shape index (κ1) is 11.2. The van der Waals surface area contributed by atoms with E-state index in [1.807, 2.05) is 11.5 Å². The monoisotopic (exact) mass is 244 g/mol. The number of fused-ring (bicyclic) bond motifs is 1. The number of aromatic amines is 1. The molecule has 0 aliphatic heterocycles. The molecule has 0 amide bonds. The quantitative estimate of drug-likeness (QED) is 0.871. The highest BCUT2D eigenvalue weighted by molar-refractivity contribution is 5.49. The van der Waals surface area contributed by atoms with E-state index in [0.29, 0.717) is 5.82 Å². The van der Waals surface area contributed by atoms with Crippen molar-refractivity contribution >= 4 is 0 Å². The van der Waals surface area contributed by atoms with Crippen molar-refractivity contribution in [1.82, 2.24) is 19.5 Å². The molecule has 0 saturated heterocycles. The van der Waals surface area contributed by atoms with Gasteiger partial charge in [0.15, 0.2) is 5.82 Å². The second-order valence-corrected chi connectivity index (χ2v) is 4.61. The smallest absolute Gasteiger partial charge is 0.254 e. The maximum absolute atomic E-state index is 12.1. The molecule has 0 unspecified atom stereocenters. The highest BCUT2D eigenvalue weighted by Crippen LogP contribution is 2.19. The predicted molar refractivity (Wildman–Crippen MR) is 68.4 cm³/mol. The third kappa shape index (κ3) is 1.75. The second-order valence-electron chi connectivity index (χ2n) is 4.61. The van der Waals surface area contributed by atoms with Crippen LogP contribution in [-0.4, -0.2) is 19.5 Å². The SMILES string of the molecule is CCn1cncc1-c1nc2c(c(=O)[nH]1)CCCC2. The summed E-state index contributed by atoms with van der Waals surface area (Å²) in [5.41, 5.74) is 2.72. The van der Waals surface area contributed by atoms with Gasteiger partial charge in [0.25, 0.3) is 5.56 Å². The Morgan fingerprint density at radius 1 is 1.39 bits per heavy atom. The molecule has 0 radical (unpaired) electrons. The van der Waals surface area contributed by atoms with Crippen LogP contribution in [0.5, 0.6) is 0 Å². The Morgan fingerprint density at radius 3 is 3.06 bits per heavy atom. The molecule has 5 nitrogen and oxygen atoms in total. The van der Waals surface area contributed by atoms with E-state index in [9.17, 15) is 4.79 Å². The molecule has 2 aromatic rings. The fourth-order valence-corrected chi connectivity index (χ4v) is 2.49. The minimum Gasteiger partial charge on any atom is -0.328 e. The van der Waals surface area contributed by atoms with Crippen molar-refractivity contribution in [3.8, 4) is 11.5 Å². The fraction of sp³-hybridized carbons (Fsp3) is 0.462. The Bertz CT molecular complexity index is 626. The summed E-state index contributed by atoms with van der Waals surface area (Å²) >= 11 is 0. The molecule has 5 heteroatoms. The number of hydrogen-bond acceptors (Lipinski definition) is 3. The zero-order valence-electron chi connectivity index (χ0n) is 10.4. The number of nitrogens with zero attached hydrogens (tertiary/aromatic N) is 3. The molecular formula is C13H16N4O. The van der Waals surface area contributed by atoms with Gasteiger partial charge in [0, 0.05) is 12.1 Å². The van der Waals surface area contributed by atoms with Crippen LogP contribution in [0.15, 0.2) is 17.3 Å². The van der Waals surface area contributed by atoms with Gasteiger partial charge in [-0.3, -0.25) is 4.79 Å². The first-order chi connectivity index (χ1) is 8.79. The van der Waals surface area contributed by atoms with E-state index >= 15 is 0 Å². The summed E-state index contributed by atoms with van der Waals surface area (Å²) in [5, 5.41) is 0. The lowest BCUT2D eigenvalue weighted by Gasteiger charge is -2.14. The average molecular weight is 244 g/mol. The van der Waals surface area contributed by atoms with Crippen molar-refractivity contribution in [2.24, 2.45) is 0 Å². The molecule has 0 bridgehead atoms. The van der Waals surface area contributed by atoms with Gasteiger partial charge in [0.2, 0.25) is 0 Å². The minimum atomic E-state index is 0.0125. The van der Waals surface area contributed by atoms with Crippen LogP contribution in [0, 0.1) is 0 Å². The lowest BCUT2D eigenvalue weighted by atomic mass is 9.97. The third-order valence-electron chi connectivity index (χ3n) is 3.49. The molecule has 0 aromatic carbocycles. The van der Waals surface area contributed by atoms with Crippen LogP contribution < -0.4 is 5.56 Å². The summed E-state index contributed by atoms with van der Waals surface area (Å²) in [7, 11) is 0. The molecule has 2 heterocycles. The Kier molecular flexibility index (Phi) is 2.74. The molecule has 1 N–H and O–H groups in total. The van der Waals surface area contributed by atoms with Crippen molar-refractivity contribution in [2.75, 3.05) is 0 Å². The lowest BCUT2D eigenvalue weighted by molar-refractivity contribution is 0.656. The van der Waals surface area contributed by atoms with Gasteiger partial charge in [-0.25, -0.2) is 9.97 Å². The van der Waals surface area contributed by atoms with Crippen LogP contribution in [0.1, 0.15) is 31.0 Å². The minimum absolute atomic E-state index is 0.0125. The van der Waals surface area contributed by atoms with Crippen molar-refractivity contribution in [1.29, 1.82) is 0 Å². The van der Waals surface area contributed by atoms with Gasteiger partial charge in [-0.1, -0.05) is 0 Å². The molecule has 94 valence electrons. The van der Waals surface area contributed by atoms with Gasteiger partial charge >= 0.3 is 0 Å². The van der Waals surface area contributed by atoms with Crippen LogP contribution in [0.4, 0.5) is 0 Å². The van der Waals surface area contributed by atoms with Gasteiger partial charge in [-0.05, 0) is 32.6 Å². The van der Waals surface area contributed by atoms with Gasteiger partial charge in [-0.2, -0.15) is 0 Å². The normalized spacial score (nSPS) is 14.5. The van der Waals surface area contributed by atoms with E-state index in [0.717, 1.165) is 49.2 Å². The van der Waals surface area contributed by atoms with E-state index in [1.165, 1.54) is 0 Å². The van der Waals surface area contributed by atoms with Crippen molar-refractivity contribution < 1.29 is 0 Å². The van der Waals surface area contributed by atoms with Crippen molar-refractivity contribution in [3.05, 3.63) is 34.1 Å². The molecule has 1 aliphatic rings. The Balaban J connectivity index is 2.14. The molecule has 0 atom stereocenters. The average Bonchev–Trinajstić information content (AvgIpc) is 2.87. The van der Waals surface area contributed by atoms with Crippen LogP contribution in [0.3, 0.4) is 0 Å². The van der Waals surface area contributed by atoms with Crippen LogP contribution in [-0.2, 0) is 19.4 Å². The van der Waals surface area contributed by atoms with E-state index in [2.05, 4.69) is 15.0 Å². The van der Waals surface area contributed by atoms with Gasteiger partial charge in [0.1, 0.15) is 5.69 Å². The standard InChI is InChI=1S/C13H16N4O/c1-2-17-8-14-7-11(17)12-15-10-6-4-3-5-9(10)13(18)16-12/h7-8H,2-6H2,1H3,(H,15,16,18). The third-order valence-corrected chi connectivity index (χ3v) is 3.49. The molecular weight excluding hydrogens is 228 g/mol. The Morgan fingerprint density at radius 2 is 2.22 bits per heavy atom. The molecule has 0 fully saturated rings. The highest BCUT2D eigenvalue weighted by Gasteiger charge is 2.17. The van der Waals surface area contributed by atoms with E-state index < -0.39 is 0 Å². The summed E-state index contributed by atoms with van der Waals surface area (Å²) in [6.45, 7) is 2.86. The lowest BCUT2D eigenvalue weighted by Crippen LogP contribution is -2.22. The van der Waals surface area contributed by atoms with Crippen LogP contribution >= 0.6 is 0 Å². The number of hydrogen-bond donors (Lipinski definition) is 1. The number of imidazole rings is 1. The Hall–Kier alpha value is -1.91. The topological polar surface area (TPSA) is 63.6 Å². The molecule has 18 heavy (non-hydrogen) atoms. The number of rotatable bonds is 2. The molecule has 1 aliphatic carbocycles. The highest BCUT2D eigenvalue weighted by atomic mass is 16.1. The molecule has 0 spiro atoms. The summed E-state index contributed by atoms with van der Waals surface area (Å²) in [6.07, 6.45) is 7.48. The van der Waals surface area contributed by atoms with Gasteiger partial charge in [-0.15, -0.1) is 0 Å². The maximum atomic E-state index is 12.1. The summed E-state index contributed by atoms with van der Waals surface area (Å²) in [5.74, 6) is 0.639. The number of nitrogens with one attached hydrogen (secondary N) is 1. The maximum Gasteiger partial charge on any atom is 0.254 e. The van der Waals surface area contributed by atoms with Crippen molar-refractivity contribution in [2.45, 2.75) is 39.2 Å². The van der Waals surface area contributed by atoms with E-state index in [-0.39, 0.29) is 5.56 Å². The van der Waals surface area contributed by atoms with E-state index in [1.54, 1.807) is 12.5 Å². The zero-order valence-corrected chi connectivity index (χ0v) is 10.4. The number of aromatic nitrogens is 4. The number of H-pyrrole nitrogens is 1. The number of aryl methyl sites for hydroxylation is 2. The summed E-state index contributed by atoms with van der Waals surface area (Å²) in [6, 6.07) is 0. The van der Waals surface area contributed by atoms with E-state index in [4.69, 9.17) is 0 Å². The summed E-state index contributed by atoms with van der Waals surface area (Å²) < 4.78 is 1.98. The van der Waals surface area contributed by atoms with Crippen molar-refractivity contribution in [3.63, 3.8) is 0 Å². The predicted octanol–water partition coefficient (Wildman–Crippen LogP) is 1.53. The van der Waals surface area contributed by atoms with Gasteiger partial charge in [0.05, 0.1) is 18.2 Å². The van der Waals surface area contributed by atoms with Crippen LogP contribution in [0.25, 0.3) is 11.5 Å². The molecule has 0 saturated carbocycles. The second kappa shape index (κ2) is 4.40. The summed E-state index contributed by atoms with van der Waals surface area (Å²) in [4.78, 5) is 23.7. The fourth-order valence-electron chi connectivity index (χ4n) is 2.49. The molecule has 2 aromatic heterocycles.